The number of ether oxygens (including phenoxy) is 2. The molecule has 0 aliphatic heterocycles. The third-order valence-corrected chi connectivity index (χ3v) is 15.8. The van der Waals surface area contributed by atoms with Crippen LogP contribution in [0.15, 0.2) is 109 Å². The Bertz CT molecular complexity index is 3160. The van der Waals surface area contributed by atoms with E-state index in [-0.39, 0.29) is 102 Å². The summed E-state index contributed by atoms with van der Waals surface area (Å²) in [4.78, 5) is 61.9. The highest BCUT2D eigenvalue weighted by atomic mass is 35.7. The van der Waals surface area contributed by atoms with Crippen molar-refractivity contribution in [1.82, 2.24) is 19.8 Å². The fourth-order valence-electron chi connectivity index (χ4n) is 7.84. The highest BCUT2D eigenvalue weighted by molar-refractivity contribution is 7.81. The Morgan fingerprint density at radius 1 is 0.588 bits per heavy atom. The van der Waals surface area contributed by atoms with Crippen molar-refractivity contribution in [3.63, 3.8) is 0 Å². The van der Waals surface area contributed by atoms with E-state index in [2.05, 4.69) is 29.6 Å². The van der Waals surface area contributed by atoms with E-state index in [0.29, 0.717) is 50.2 Å². The first-order chi connectivity index (χ1) is 39.7. The van der Waals surface area contributed by atoms with Gasteiger partial charge in [-0.25, -0.2) is 46.2 Å². The molecule has 6 aromatic rings. The van der Waals surface area contributed by atoms with Gasteiger partial charge in [-0.3, -0.25) is 33.8 Å². The molecule has 3 N–H and O–H groups in total. The van der Waals surface area contributed by atoms with E-state index >= 15 is 0 Å². The predicted molar refractivity (Wildman–Crippen MR) is 327 cm³/mol. The number of pyridine rings is 2. The minimum Gasteiger partial charge on any atom is -0.447 e. The zero-order valence-corrected chi connectivity index (χ0v) is 52.3. The summed E-state index contributed by atoms with van der Waals surface area (Å²) in [5.41, 5.74) is 0.224. The molecule has 20 nitrogen and oxygen atoms in total. The van der Waals surface area contributed by atoms with Crippen LogP contribution in [-0.4, -0.2) is 130 Å². The van der Waals surface area contributed by atoms with Crippen LogP contribution in [-0.2, 0) is 63.7 Å². The molecule has 2 aromatic heterocycles. The second kappa shape index (κ2) is 39.0. The molecule has 0 unspecified atom stereocenters. The van der Waals surface area contributed by atoms with Crippen molar-refractivity contribution < 1.29 is 83.1 Å². The monoisotopic (exact) mass is 1290 g/mol. The van der Waals surface area contributed by atoms with Crippen LogP contribution in [0.3, 0.4) is 0 Å². The van der Waals surface area contributed by atoms with Gasteiger partial charge in [0.25, 0.3) is 0 Å². The third kappa shape index (κ3) is 25.9. The molecule has 29 heteroatoms. The second-order valence-electron chi connectivity index (χ2n) is 18.2. The molecule has 4 aromatic carbocycles. The van der Waals surface area contributed by atoms with Gasteiger partial charge in [0.15, 0.2) is 23.3 Å². The fraction of sp³-hybridized carbons (Fsp3) is 0.393. The number of carbonyl (C=O) groups excluding carboxylic acids is 4. The number of hydrogen-bond acceptors (Lipinski definition) is 16. The number of unbranched alkanes of at least 4 members (excludes halogenated alkanes) is 2. The number of phosphoric ester groups is 1. The van der Waals surface area contributed by atoms with Crippen LogP contribution in [0.5, 0.6) is 0 Å². The van der Waals surface area contributed by atoms with E-state index in [1.165, 1.54) is 62.5 Å². The molecule has 0 spiro atoms. The summed E-state index contributed by atoms with van der Waals surface area (Å²) in [6.45, 7) is -3.29. The molecule has 0 aliphatic carbocycles. The number of phosphoric acid groups is 1. The number of aliphatic hydroxyl groups excluding tert-OH is 1. The number of fused-ring (bicyclic) bond motifs is 2. The molecule has 4 amide bonds. The van der Waals surface area contributed by atoms with E-state index in [9.17, 15) is 45.9 Å². The van der Waals surface area contributed by atoms with E-state index in [0.717, 1.165) is 33.7 Å². The Morgan fingerprint density at radius 3 is 1.36 bits per heavy atom. The summed E-state index contributed by atoms with van der Waals surface area (Å²) in [6.07, 6.45) is 4.83. The van der Waals surface area contributed by atoms with Crippen LogP contribution < -0.4 is 10.6 Å². The topological polar surface area (TPSA) is 244 Å². The van der Waals surface area contributed by atoms with E-state index in [1.54, 1.807) is 38.6 Å². The minimum absolute atomic E-state index is 0. The Hall–Kier alpha value is -5.89. The zero-order chi connectivity index (χ0) is 61.0. The predicted octanol–water partition coefficient (Wildman–Crippen LogP) is 12.6. The Kier molecular flexibility index (Phi) is 34.5. The number of nitrogens with one attached hydrogen (secondary N) is 2. The molecule has 85 heavy (non-hydrogen) atoms. The van der Waals surface area contributed by atoms with Gasteiger partial charge in [-0.05, 0) is 97.5 Å². The van der Waals surface area contributed by atoms with Gasteiger partial charge in [-0.15, -0.1) is 0 Å². The molecule has 0 aliphatic rings. The molecular weight excluding hydrogens is 1220 g/mol. The van der Waals surface area contributed by atoms with Crippen molar-refractivity contribution in [2.45, 2.75) is 76.3 Å². The van der Waals surface area contributed by atoms with Crippen LogP contribution in [0.1, 0.15) is 62.5 Å². The van der Waals surface area contributed by atoms with Crippen LogP contribution >= 0.6 is 53.0 Å². The number of aliphatic hydroxyl groups is 1. The summed E-state index contributed by atoms with van der Waals surface area (Å²) in [7, 11) is 4.40. The summed E-state index contributed by atoms with van der Waals surface area (Å²) < 4.78 is 111. The number of likely N-dealkylation sites (N-methyl/N-ethyl adjacent to an activating group) is 2. The molecule has 0 radical (unpaired) electrons. The van der Waals surface area contributed by atoms with E-state index in [4.69, 9.17) is 39.4 Å². The number of aromatic nitrogens is 2. The van der Waals surface area contributed by atoms with Gasteiger partial charge in [0, 0.05) is 96.4 Å². The van der Waals surface area contributed by atoms with Crippen molar-refractivity contribution in [3.05, 3.63) is 144 Å². The zero-order valence-electron chi connectivity index (χ0n) is 47.8. The minimum atomic E-state index is -3.61. The molecule has 2 heterocycles. The van der Waals surface area contributed by atoms with Crippen molar-refractivity contribution in [1.29, 1.82) is 0 Å². The van der Waals surface area contributed by atoms with Crippen LogP contribution in [0.25, 0.3) is 21.5 Å². The lowest BCUT2D eigenvalue weighted by Crippen LogP contribution is -2.41. The average Bonchev–Trinajstić information content (AvgIpc) is 3.70. The Balaban J connectivity index is 0.000000514. The summed E-state index contributed by atoms with van der Waals surface area (Å²) in [5, 5.41) is 17.9. The number of halogens is 5. The summed E-state index contributed by atoms with van der Waals surface area (Å²) >= 11 is 5.02. The second-order valence-corrected chi connectivity index (χ2v) is 22.9. The summed E-state index contributed by atoms with van der Waals surface area (Å²) in [5.74, 6) is -3.84. The standard InChI is InChI=1S/C28H34F2N3O7P.C26H29F2N3O4.C2H6ClO3P.2H2S/c1-33(26(34)15-14-20-11-8-13-24(29)27(20)30)23(12-6-7-16-40-41(36,37-2)38-3)19-39-28(35)32-25-17-21-9-4-5-10-22(21)18-31-25;1-31(24(33)13-12-18-9-6-11-22(27)25(18)28)21(10-4-5-14-32)17-35-26(34)30-23-15-19-7-2-3-8-20(19)16-29-23;1-5-7(3,4)6-2;;/h4-5,8-11,13,17-18,23H,6-7,12,14-16,19H2,1-3H3,(H,31,32,35);2-3,6-9,11,15-16,21,32H,4-5,10,12-14,17H2,1H3,(H,29,30,34);1-2H3;2*1H2/t23-;21-;;;/m00.../s1. The maximum absolute atomic E-state index is 14.0. The van der Waals surface area contributed by atoms with Crippen molar-refractivity contribution in [3.8, 4) is 0 Å². The normalized spacial score (nSPS) is 11.7. The Labute approximate surface area is 510 Å². The maximum Gasteiger partial charge on any atom is 0.474 e. The number of hydrogen-bond donors (Lipinski definition) is 3. The quantitative estimate of drug-likeness (QED) is 0.0235. The SMILES string of the molecule is CN(C(=O)CCc1cccc(F)c1F)[C@@H](CCCCO)COC(=O)Nc1cc2ccccc2cn1.COP(=O)(Cl)OC.COP(=O)(OC)OCCCC[C@@H](COC(=O)Nc1cc2ccccc2cn1)N(C)C(=O)CCc1cccc(F)c1F.S.S. The van der Waals surface area contributed by atoms with Gasteiger partial charge in [0.05, 0.1) is 18.7 Å². The lowest BCUT2D eigenvalue weighted by atomic mass is 10.1. The molecule has 0 bridgehead atoms. The largest absolute Gasteiger partial charge is 0.474 e. The molecule has 0 saturated carbocycles. The molecule has 6 rings (SSSR count). The van der Waals surface area contributed by atoms with Crippen LogP contribution in [0.4, 0.5) is 38.8 Å². The van der Waals surface area contributed by atoms with Crippen LogP contribution in [0, 0.1) is 23.3 Å². The molecule has 468 valence electrons. The highest BCUT2D eigenvalue weighted by Gasteiger charge is 2.26. The van der Waals surface area contributed by atoms with Gasteiger partial charge in [0.2, 0.25) is 11.8 Å². The molecule has 2 atom stereocenters. The molecule has 0 fully saturated rings. The summed E-state index contributed by atoms with van der Waals surface area (Å²) in [6, 6.07) is 25.3. The molecular formula is C56H73ClF4N6O14P2S2. The Morgan fingerprint density at radius 2 is 0.988 bits per heavy atom. The van der Waals surface area contributed by atoms with Crippen molar-refractivity contribution >= 4 is 110 Å². The fourth-order valence-corrected chi connectivity index (χ4v) is 8.70. The first-order valence-electron chi connectivity index (χ1n) is 26.0. The van der Waals surface area contributed by atoms with Crippen molar-refractivity contribution in [2.75, 3.05) is 79.6 Å². The number of benzene rings is 4. The van der Waals surface area contributed by atoms with Gasteiger partial charge in [0.1, 0.15) is 24.8 Å². The van der Waals surface area contributed by atoms with Gasteiger partial charge < -0.3 is 33.4 Å². The van der Waals surface area contributed by atoms with E-state index in [1.807, 2.05) is 48.5 Å². The number of anilines is 2. The number of aryl methyl sites for hydroxylation is 2. The number of rotatable bonds is 28. The smallest absolute Gasteiger partial charge is 0.447 e. The van der Waals surface area contributed by atoms with Gasteiger partial charge >= 0.3 is 27.0 Å². The lowest BCUT2D eigenvalue weighted by molar-refractivity contribution is -0.133. The number of amides is 4. The third-order valence-electron chi connectivity index (χ3n) is 12.7. The first-order valence-corrected chi connectivity index (χ1v) is 29.9. The number of carbonyl (C=O) groups is 4. The molecule has 0 saturated heterocycles. The van der Waals surface area contributed by atoms with Crippen molar-refractivity contribution in [2.24, 2.45) is 0 Å². The maximum atomic E-state index is 14.0. The highest BCUT2D eigenvalue weighted by Crippen LogP contribution is 2.51. The van der Waals surface area contributed by atoms with Gasteiger partial charge in [-0.2, -0.15) is 27.0 Å². The first kappa shape index (κ1) is 75.2. The van der Waals surface area contributed by atoms with Crippen LogP contribution in [0.2, 0.25) is 0 Å². The van der Waals surface area contributed by atoms with Gasteiger partial charge in [-0.1, -0.05) is 72.8 Å². The van der Waals surface area contributed by atoms with E-state index < -0.39 is 62.3 Å². The average molecular weight is 1290 g/mol. The lowest BCUT2D eigenvalue weighted by Gasteiger charge is -2.28. The number of nitrogens with zero attached hydrogens (tertiary/aromatic N) is 4.